The summed E-state index contributed by atoms with van der Waals surface area (Å²) < 4.78 is 33.0. The normalized spacial score (nSPS) is 15.0. The molecule has 0 radical (unpaired) electrons. The number of sulfonamides is 1. The van der Waals surface area contributed by atoms with Gasteiger partial charge in [0.05, 0.1) is 7.11 Å². The highest BCUT2D eigenvalue weighted by molar-refractivity contribution is 7.89. The summed E-state index contributed by atoms with van der Waals surface area (Å²) in [4.78, 5) is 23.9. The molecule has 164 valence electrons. The molecule has 3 rings (SSSR count). The first-order valence-corrected chi connectivity index (χ1v) is 11.5. The lowest BCUT2D eigenvalue weighted by Gasteiger charge is -2.26. The molecule has 0 unspecified atom stereocenters. The quantitative estimate of drug-likeness (QED) is 0.521. The molecule has 8 heteroatoms. The molecule has 1 saturated heterocycles. The maximum absolute atomic E-state index is 13.1. The molecule has 0 atom stereocenters. The zero-order valence-corrected chi connectivity index (χ0v) is 18.4. The number of carbonyl (C=O) groups excluding carboxylic acids is 2. The van der Waals surface area contributed by atoms with Crippen molar-refractivity contribution in [3.63, 3.8) is 0 Å². The van der Waals surface area contributed by atoms with E-state index >= 15 is 0 Å². The molecule has 1 aliphatic rings. The van der Waals surface area contributed by atoms with Gasteiger partial charge < -0.3 is 10.1 Å². The Balaban J connectivity index is 1.79. The van der Waals surface area contributed by atoms with Crippen molar-refractivity contribution in [2.75, 3.05) is 25.5 Å². The van der Waals surface area contributed by atoms with Gasteiger partial charge in [0.2, 0.25) is 15.9 Å². The van der Waals surface area contributed by atoms with Gasteiger partial charge in [0, 0.05) is 30.4 Å². The van der Waals surface area contributed by atoms with Crippen molar-refractivity contribution in [2.45, 2.75) is 31.1 Å². The van der Waals surface area contributed by atoms with E-state index in [-0.39, 0.29) is 16.4 Å². The molecule has 1 aliphatic heterocycles. The van der Waals surface area contributed by atoms with Gasteiger partial charge in [0.25, 0.3) is 0 Å². The summed E-state index contributed by atoms with van der Waals surface area (Å²) in [6.07, 6.45) is 5.56. The summed E-state index contributed by atoms with van der Waals surface area (Å²) in [5.74, 6) is -0.211. The highest BCUT2D eigenvalue weighted by atomic mass is 32.2. The van der Waals surface area contributed by atoms with Gasteiger partial charge in [-0.1, -0.05) is 24.6 Å². The molecule has 1 amide bonds. The molecular formula is C23H26N2O5S. The largest absolute Gasteiger partial charge is 0.495 e. The zero-order chi connectivity index (χ0) is 22.4. The SMILES string of the molecule is COc1ccc(/C=C/C(=O)Nc2cccc(C(C)=O)c2)cc1S(=O)(=O)N1CCCCC1. The lowest BCUT2D eigenvalue weighted by atomic mass is 10.1. The Morgan fingerprint density at radius 1 is 1.06 bits per heavy atom. The number of hydrogen-bond donors (Lipinski definition) is 1. The van der Waals surface area contributed by atoms with Crippen LogP contribution in [0, 0.1) is 0 Å². The molecule has 0 spiro atoms. The van der Waals surface area contributed by atoms with Crippen LogP contribution in [0.15, 0.2) is 53.4 Å². The first kappa shape index (κ1) is 22.7. The maximum Gasteiger partial charge on any atom is 0.248 e. The standard InChI is InChI=1S/C23H26N2O5S/c1-17(26)19-7-6-8-20(16-19)24-23(27)12-10-18-9-11-21(30-2)22(15-18)31(28,29)25-13-4-3-5-14-25/h6-12,15-16H,3-5,13-14H2,1-2H3,(H,24,27)/b12-10+. The molecule has 0 bridgehead atoms. The first-order valence-electron chi connectivity index (χ1n) is 10.1. The predicted octanol–water partition coefficient (Wildman–Crippen LogP) is 3.72. The average Bonchev–Trinajstić information content (AvgIpc) is 2.78. The van der Waals surface area contributed by atoms with Gasteiger partial charge in [0.1, 0.15) is 10.6 Å². The number of rotatable bonds is 7. The predicted molar refractivity (Wildman–Crippen MR) is 120 cm³/mol. The van der Waals surface area contributed by atoms with E-state index in [0.29, 0.717) is 29.9 Å². The van der Waals surface area contributed by atoms with E-state index in [1.54, 1.807) is 42.5 Å². The molecule has 1 N–H and O–H groups in total. The van der Waals surface area contributed by atoms with Crippen molar-refractivity contribution in [1.29, 1.82) is 0 Å². The molecule has 1 fully saturated rings. The summed E-state index contributed by atoms with van der Waals surface area (Å²) >= 11 is 0. The number of carbonyl (C=O) groups is 2. The van der Waals surface area contributed by atoms with Crippen LogP contribution in [0.5, 0.6) is 5.75 Å². The fourth-order valence-corrected chi connectivity index (χ4v) is 5.12. The van der Waals surface area contributed by atoms with E-state index < -0.39 is 15.9 Å². The van der Waals surface area contributed by atoms with Crippen molar-refractivity contribution in [3.05, 3.63) is 59.7 Å². The van der Waals surface area contributed by atoms with Crippen LogP contribution in [0.4, 0.5) is 5.69 Å². The highest BCUT2D eigenvalue weighted by Gasteiger charge is 2.29. The topological polar surface area (TPSA) is 92.8 Å². The number of benzene rings is 2. The van der Waals surface area contributed by atoms with Crippen LogP contribution in [-0.2, 0) is 14.8 Å². The number of piperidine rings is 1. The lowest BCUT2D eigenvalue weighted by Crippen LogP contribution is -2.35. The second-order valence-corrected chi connectivity index (χ2v) is 9.24. The lowest BCUT2D eigenvalue weighted by molar-refractivity contribution is -0.111. The van der Waals surface area contributed by atoms with E-state index in [2.05, 4.69) is 5.32 Å². The van der Waals surface area contributed by atoms with Gasteiger partial charge in [-0.3, -0.25) is 9.59 Å². The number of methoxy groups -OCH3 is 1. The summed E-state index contributed by atoms with van der Waals surface area (Å²) in [7, 11) is -2.25. The average molecular weight is 443 g/mol. The Hall–Kier alpha value is -2.97. The van der Waals surface area contributed by atoms with Crippen LogP contribution < -0.4 is 10.1 Å². The van der Waals surface area contributed by atoms with Crippen LogP contribution >= 0.6 is 0 Å². The second-order valence-electron chi connectivity index (χ2n) is 7.33. The van der Waals surface area contributed by atoms with Gasteiger partial charge in [-0.25, -0.2) is 8.42 Å². The van der Waals surface area contributed by atoms with Crippen molar-refractivity contribution in [3.8, 4) is 5.75 Å². The van der Waals surface area contributed by atoms with Gasteiger partial charge in [-0.05, 0) is 55.7 Å². The Bertz CT molecular complexity index is 1100. The van der Waals surface area contributed by atoms with Crippen molar-refractivity contribution < 1.29 is 22.7 Å². The minimum atomic E-state index is -3.69. The zero-order valence-electron chi connectivity index (χ0n) is 17.6. The Morgan fingerprint density at radius 3 is 2.48 bits per heavy atom. The van der Waals surface area contributed by atoms with Crippen LogP contribution in [0.3, 0.4) is 0 Å². The smallest absolute Gasteiger partial charge is 0.248 e. The Labute approximate surface area is 182 Å². The first-order chi connectivity index (χ1) is 14.8. The summed E-state index contributed by atoms with van der Waals surface area (Å²) in [5, 5.41) is 2.70. The third-order valence-corrected chi connectivity index (χ3v) is 7.00. The second kappa shape index (κ2) is 9.89. The van der Waals surface area contributed by atoms with Gasteiger partial charge in [-0.15, -0.1) is 0 Å². The van der Waals surface area contributed by atoms with Crippen LogP contribution in [0.25, 0.3) is 6.08 Å². The molecule has 7 nitrogen and oxygen atoms in total. The third-order valence-electron chi connectivity index (χ3n) is 5.08. The number of amides is 1. The van der Waals surface area contributed by atoms with Crippen molar-refractivity contribution in [2.24, 2.45) is 0 Å². The van der Waals surface area contributed by atoms with E-state index in [1.807, 2.05) is 0 Å². The van der Waals surface area contributed by atoms with Gasteiger partial charge >= 0.3 is 0 Å². The van der Waals surface area contributed by atoms with E-state index in [1.165, 1.54) is 30.5 Å². The molecule has 1 heterocycles. The van der Waals surface area contributed by atoms with Gasteiger partial charge in [-0.2, -0.15) is 4.31 Å². The number of nitrogens with one attached hydrogen (secondary N) is 1. The van der Waals surface area contributed by atoms with Crippen molar-refractivity contribution >= 4 is 33.5 Å². The molecule has 2 aromatic rings. The number of anilines is 1. The number of ether oxygens (including phenoxy) is 1. The van der Waals surface area contributed by atoms with Crippen LogP contribution in [0.1, 0.15) is 42.1 Å². The molecular weight excluding hydrogens is 416 g/mol. The fraction of sp³-hybridized carbons (Fsp3) is 0.304. The Morgan fingerprint density at radius 2 is 1.81 bits per heavy atom. The molecule has 31 heavy (non-hydrogen) atoms. The monoisotopic (exact) mass is 442 g/mol. The molecule has 0 aromatic heterocycles. The third kappa shape index (κ3) is 5.59. The van der Waals surface area contributed by atoms with Crippen molar-refractivity contribution in [1.82, 2.24) is 4.31 Å². The molecule has 0 saturated carbocycles. The fourth-order valence-electron chi connectivity index (χ4n) is 3.41. The van der Waals surface area contributed by atoms with E-state index in [0.717, 1.165) is 19.3 Å². The summed E-state index contributed by atoms with van der Waals surface area (Å²) in [6, 6.07) is 11.5. The summed E-state index contributed by atoms with van der Waals surface area (Å²) in [5.41, 5.74) is 1.57. The molecule has 2 aromatic carbocycles. The molecule has 0 aliphatic carbocycles. The van der Waals surface area contributed by atoms with E-state index in [9.17, 15) is 18.0 Å². The minimum absolute atomic E-state index is 0.0904. The minimum Gasteiger partial charge on any atom is -0.495 e. The number of Topliss-reactive ketones (excluding diaryl/α,β-unsaturated/α-hetero) is 1. The summed E-state index contributed by atoms with van der Waals surface area (Å²) in [6.45, 7) is 2.45. The van der Waals surface area contributed by atoms with E-state index in [4.69, 9.17) is 4.74 Å². The Kier molecular flexibility index (Phi) is 7.25. The maximum atomic E-state index is 13.1. The number of ketones is 1. The van der Waals surface area contributed by atoms with Crippen LogP contribution in [-0.4, -0.2) is 44.6 Å². The van der Waals surface area contributed by atoms with Crippen LogP contribution in [0.2, 0.25) is 0 Å². The highest BCUT2D eigenvalue weighted by Crippen LogP contribution is 2.30. The number of hydrogen-bond acceptors (Lipinski definition) is 5. The number of nitrogens with zero attached hydrogens (tertiary/aromatic N) is 1. The van der Waals surface area contributed by atoms with Gasteiger partial charge in [0.15, 0.2) is 5.78 Å².